The third-order valence-corrected chi connectivity index (χ3v) is 3.08. The molecule has 0 fully saturated rings. The Bertz CT molecular complexity index is 773. The molecule has 1 unspecified atom stereocenters. The van der Waals surface area contributed by atoms with E-state index in [-0.39, 0.29) is 17.1 Å². The molecule has 23 heavy (non-hydrogen) atoms. The predicted molar refractivity (Wildman–Crippen MR) is 80.8 cm³/mol. The van der Waals surface area contributed by atoms with Crippen molar-refractivity contribution >= 4 is 17.1 Å². The van der Waals surface area contributed by atoms with Gasteiger partial charge in [0.2, 0.25) is 0 Å². The first kappa shape index (κ1) is 16.0. The normalized spacial score (nSPS) is 12.2. The van der Waals surface area contributed by atoms with Crippen molar-refractivity contribution < 1.29 is 15.0 Å². The van der Waals surface area contributed by atoms with Crippen LogP contribution in [0.4, 0.5) is 17.1 Å². The molecule has 2 aromatic carbocycles. The van der Waals surface area contributed by atoms with Crippen LogP contribution < -0.4 is 0 Å². The summed E-state index contributed by atoms with van der Waals surface area (Å²) in [6.07, 6.45) is 0. The van der Waals surface area contributed by atoms with Crippen molar-refractivity contribution in [3.8, 4) is 5.75 Å². The first-order chi connectivity index (χ1) is 10.9. The minimum atomic E-state index is -0.743. The highest BCUT2D eigenvalue weighted by atomic mass is 16.6. The minimum absolute atomic E-state index is 0.0637. The van der Waals surface area contributed by atoms with E-state index in [9.17, 15) is 25.3 Å². The molecule has 0 spiro atoms. The standard InChI is InChI=1S/C14H12N4O5/c1-9(10-2-5-12(19)6-3-10)15-16-13-7-4-11(17(20)21)8-14(13)18(22)23/h2-9,19H,1H3. The lowest BCUT2D eigenvalue weighted by Crippen LogP contribution is -1.93. The van der Waals surface area contributed by atoms with Crippen LogP contribution in [0.15, 0.2) is 52.7 Å². The van der Waals surface area contributed by atoms with Crippen LogP contribution in [0.2, 0.25) is 0 Å². The average molecular weight is 316 g/mol. The van der Waals surface area contributed by atoms with Crippen molar-refractivity contribution in [1.29, 1.82) is 0 Å². The lowest BCUT2D eigenvalue weighted by molar-refractivity contribution is -0.393. The van der Waals surface area contributed by atoms with Gasteiger partial charge in [-0.05, 0) is 30.7 Å². The van der Waals surface area contributed by atoms with E-state index in [1.54, 1.807) is 19.1 Å². The Labute approximate surface area is 130 Å². The molecule has 9 heteroatoms. The fraction of sp³-hybridized carbons (Fsp3) is 0.143. The van der Waals surface area contributed by atoms with Crippen molar-refractivity contribution in [1.82, 2.24) is 0 Å². The lowest BCUT2D eigenvalue weighted by Gasteiger charge is -2.05. The van der Waals surface area contributed by atoms with Crippen molar-refractivity contribution in [3.63, 3.8) is 0 Å². The van der Waals surface area contributed by atoms with Gasteiger partial charge in [-0.15, -0.1) is 5.11 Å². The number of hydrogen-bond donors (Lipinski definition) is 1. The molecule has 0 aliphatic carbocycles. The molecule has 0 radical (unpaired) electrons. The van der Waals surface area contributed by atoms with Crippen LogP contribution in [0.25, 0.3) is 0 Å². The Hall–Kier alpha value is -3.36. The minimum Gasteiger partial charge on any atom is -0.508 e. The molecule has 0 aliphatic rings. The van der Waals surface area contributed by atoms with Crippen LogP contribution in [-0.4, -0.2) is 15.0 Å². The van der Waals surface area contributed by atoms with Crippen LogP contribution in [-0.2, 0) is 0 Å². The molecule has 0 amide bonds. The van der Waals surface area contributed by atoms with E-state index in [2.05, 4.69) is 10.2 Å². The summed E-state index contributed by atoms with van der Waals surface area (Å²) in [5.74, 6) is 0.115. The summed E-state index contributed by atoms with van der Waals surface area (Å²) in [7, 11) is 0. The Balaban J connectivity index is 2.29. The number of nitrogens with zero attached hydrogens (tertiary/aromatic N) is 4. The van der Waals surface area contributed by atoms with E-state index in [0.29, 0.717) is 0 Å². The van der Waals surface area contributed by atoms with Crippen LogP contribution in [0.5, 0.6) is 5.75 Å². The SMILES string of the molecule is CC(N=Nc1ccc([N+](=O)[O-])cc1[N+](=O)[O-])c1ccc(O)cc1. The van der Waals surface area contributed by atoms with Gasteiger partial charge in [-0.2, -0.15) is 5.11 Å². The maximum Gasteiger partial charge on any atom is 0.303 e. The summed E-state index contributed by atoms with van der Waals surface area (Å²) in [4.78, 5) is 20.2. The van der Waals surface area contributed by atoms with E-state index < -0.39 is 21.6 Å². The third-order valence-electron chi connectivity index (χ3n) is 3.08. The molecule has 2 rings (SSSR count). The molecule has 0 aliphatic heterocycles. The smallest absolute Gasteiger partial charge is 0.303 e. The highest BCUT2D eigenvalue weighted by molar-refractivity contribution is 5.61. The zero-order chi connectivity index (χ0) is 17.0. The number of phenolic OH excluding ortho intramolecular Hbond substituents is 1. The Morgan fingerprint density at radius 3 is 2.26 bits per heavy atom. The van der Waals surface area contributed by atoms with E-state index >= 15 is 0 Å². The van der Waals surface area contributed by atoms with Crippen molar-refractivity contribution in [2.75, 3.05) is 0 Å². The van der Waals surface area contributed by atoms with Gasteiger partial charge in [0.15, 0.2) is 5.69 Å². The number of aromatic hydroxyl groups is 1. The number of non-ortho nitro benzene ring substituents is 1. The van der Waals surface area contributed by atoms with E-state index in [4.69, 9.17) is 0 Å². The second-order valence-electron chi connectivity index (χ2n) is 4.67. The van der Waals surface area contributed by atoms with E-state index in [1.807, 2.05) is 0 Å². The zero-order valence-corrected chi connectivity index (χ0v) is 12.0. The van der Waals surface area contributed by atoms with Gasteiger partial charge in [0, 0.05) is 6.07 Å². The summed E-state index contributed by atoms with van der Waals surface area (Å²) >= 11 is 0. The fourth-order valence-electron chi connectivity index (χ4n) is 1.82. The van der Waals surface area contributed by atoms with Gasteiger partial charge in [0.05, 0.1) is 22.0 Å². The first-order valence-corrected chi connectivity index (χ1v) is 6.51. The molecule has 1 atom stereocenters. The number of azo groups is 1. The quantitative estimate of drug-likeness (QED) is 0.505. The number of nitro benzene ring substituents is 2. The topological polar surface area (TPSA) is 131 Å². The van der Waals surface area contributed by atoms with E-state index in [1.165, 1.54) is 18.2 Å². The van der Waals surface area contributed by atoms with Crippen molar-refractivity contribution in [2.24, 2.45) is 10.2 Å². The summed E-state index contributed by atoms with van der Waals surface area (Å²) in [5, 5.41) is 38.7. The number of benzene rings is 2. The first-order valence-electron chi connectivity index (χ1n) is 6.51. The monoisotopic (exact) mass is 316 g/mol. The average Bonchev–Trinajstić information content (AvgIpc) is 2.52. The van der Waals surface area contributed by atoms with Crippen LogP contribution in [0, 0.1) is 20.2 Å². The van der Waals surface area contributed by atoms with Crippen LogP contribution >= 0.6 is 0 Å². The van der Waals surface area contributed by atoms with Gasteiger partial charge < -0.3 is 5.11 Å². The largest absolute Gasteiger partial charge is 0.508 e. The summed E-state index contributed by atoms with van der Waals surface area (Å²) in [6.45, 7) is 1.73. The van der Waals surface area contributed by atoms with Crippen molar-refractivity contribution in [3.05, 3.63) is 68.3 Å². The predicted octanol–water partition coefficient (Wildman–Crippen LogP) is 4.05. The van der Waals surface area contributed by atoms with Crippen molar-refractivity contribution in [2.45, 2.75) is 13.0 Å². The summed E-state index contributed by atoms with van der Waals surface area (Å²) in [5.41, 5.74) is -0.176. The Morgan fingerprint density at radius 2 is 1.70 bits per heavy atom. The second kappa shape index (κ2) is 6.60. The molecule has 118 valence electrons. The van der Waals surface area contributed by atoms with Gasteiger partial charge in [-0.25, -0.2) is 0 Å². The fourth-order valence-corrected chi connectivity index (χ4v) is 1.82. The molecule has 0 bridgehead atoms. The third kappa shape index (κ3) is 3.84. The van der Waals surface area contributed by atoms with Gasteiger partial charge >= 0.3 is 5.69 Å². The maximum absolute atomic E-state index is 11.0. The summed E-state index contributed by atoms with van der Waals surface area (Å²) in [6, 6.07) is 9.07. The highest BCUT2D eigenvalue weighted by Crippen LogP contribution is 2.32. The molecule has 2 aromatic rings. The maximum atomic E-state index is 11.0. The molecule has 0 saturated heterocycles. The van der Waals surface area contributed by atoms with Gasteiger partial charge in [0.1, 0.15) is 5.75 Å². The van der Waals surface area contributed by atoms with Crippen LogP contribution in [0.1, 0.15) is 18.5 Å². The number of nitro groups is 2. The molecular weight excluding hydrogens is 304 g/mol. The lowest BCUT2D eigenvalue weighted by atomic mass is 10.1. The van der Waals surface area contributed by atoms with Gasteiger partial charge in [0.25, 0.3) is 5.69 Å². The number of phenols is 1. The van der Waals surface area contributed by atoms with Crippen LogP contribution in [0.3, 0.4) is 0 Å². The molecule has 0 heterocycles. The number of rotatable bonds is 5. The molecule has 1 N–H and O–H groups in total. The molecule has 9 nitrogen and oxygen atoms in total. The zero-order valence-electron chi connectivity index (χ0n) is 12.0. The highest BCUT2D eigenvalue weighted by Gasteiger charge is 2.19. The van der Waals surface area contributed by atoms with Gasteiger partial charge in [-0.3, -0.25) is 20.2 Å². The van der Waals surface area contributed by atoms with E-state index in [0.717, 1.165) is 17.7 Å². The second-order valence-corrected chi connectivity index (χ2v) is 4.67. The Kier molecular flexibility index (Phi) is 4.60. The van der Waals surface area contributed by atoms with Gasteiger partial charge in [-0.1, -0.05) is 12.1 Å². The molecule has 0 aromatic heterocycles. The molecule has 0 saturated carbocycles. The number of hydrogen-bond acceptors (Lipinski definition) is 7. The summed E-state index contributed by atoms with van der Waals surface area (Å²) < 4.78 is 0. The molecular formula is C14H12N4O5. The Morgan fingerprint density at radius 1 is 1.04 bits per heavy atom.